The molecular weight excluding hydrogens is 388 g/mol. The summed E-state index contributed by atoms with van der Waals surface area (Å²) in [6, 6.07) is -2.25. The zero-order valence-corrected chi connectivity index (χ0v) is 16.9. The quantitative estimate of drug-likeness (QED) is 0.276. The molecular formula is C17H30N4O8. The molecule has 0 unspecified atom stereocenters. The Morgan fingerprint density at radius 2 is 1.72 bits per heavy atom. The number of ether oxygens (including phenoxy) is 1. The molecule has 0 aromatic rings. The van der Waals surface area contributed by atoms with Gasteiger partial charge in [-0.2, -0.15) is 0 Å². The molecule has 1 atom stereocenters. The normalized spacial score (nSPS) is 11.8. The number of carbonyl (C=O) groups excluding carboxylic acids is 3. The van der Waals surface area contributed by atoms with Crippen LogP contribution in [0.4, 0.5) is 9.59 Å². The molecule has 12 heteroatoms. The van der Waals surface area contributed by atoms with Gasteiger partial charge in [-0.1, -0.05) is 0 Å². The van der Waals surface area contributed by atoms with Crippen molar-refractivity contribution >= 4 is 30.0 Å². The number of carboxylic acid groups (broad SMARTS) is 2. The molecule has 0 spiro atoms. The maximum atomic E-state index is 12.0. The average molecular weight is 418 g/mol. The van der Waals surface area contributed by atoms with Gasteiger partial charge < -0.3 is 36.2 Å². The van der Waals surface area contributed by atoms with Crippen molar-refractivity contribution < 1.29 is 38.9 Å². The van der Waals surface area contributed by atoms with E-state index in [0.717, 1.165) is 4.90 Å². The van der Waals surface area contributed by atoms with Crippen LogP contribution < -0.4 is 16.4 Å². The minimum atomic E-state index is -1.38. The maximum absolute atomic E-state index is 12.0. The molecule has 0 saturated heterocycles. The van der Waals surface area contributed by atoms with Gasteiger partial charge >= 0.3 is 24.1 Å². The third-order valence-corrected chi connectivity index (χ3v) is 3.45. The van der Waals surface area contributed by atoms with Gasteiger partial charge in [-0.25, -0.2) is 14.4 Å². The first-order valence-electron chi connectivity index (χ1n) is 9.07. The first kappa shape index (κ1) is 26.0. The Morgan fingerprint density at radius 3 is 2.21 bits per heavy atom. The van der Waals surface area contributed by atoms with Crippen molar-refractivity contribution in [3.05, 3.63) is 0 Å². The number of amides is 4. The number of urea groups is 1. The highest BCUT2D eigenvalue weighted by molar-refractivity contribution is 5.87. The van der Waals surface area contributed by atoms with Gasteiger partial charge in [0.1, 0.15) is 18.2 Å². The van der Waals surface area contributed by atoms with E-state index in [1.54, 1.807) is 20.8 Å². The number of unbranched alkanes of at least 4 members (excludes halogenated alkanes) is 1. The molecule has 0 aromatic heterocycles. The van der Waals surface area contributed by atoms with E-state index in [2.05, 4.69) is 10.6 Å². The number of nitrogens with one attached hydrogen (secondary N) is 2. The Balaban J connectivity index is 4.38. The fraction of sp³-hybridized carbons (Fsp3) is 0.706. The second-order valence-electron chi connectivity index (χ2n) is 7.29. The third-order valence-electron chi connectivity index (χ3n) is 3.45. The van der Waals surface area contributed by atoms with Gasteiger partial charge in [0.25, 0.3) is 0 Å². The van der Waals surface area contributed by atoms with Crippen LogP contribution >= 0.6 is 0 Å². The molecule has 0 saturated carbocycles. The van der Waals surface area contributed by atoms with Crippen molar-refractivity contribution in [2.75, 3.05) is 19.6 Å². The first-order valence-corrected chi connectivity index (χ1v) is 9.07. The molecule has 0 aliphatic carbocycles. The van der Waals surface area contributed by atoms with Gasteiger partial charge in [0.05, 0.1) is 0 Å². The molecule has 0 radical (unpaired) electrons. The highest BCUT2D eigenvalue weighted by atomic mass is 16.6. The van der Waals surface area contributed by atoms with E-state index >= 15 is 0 Å². The van der Waals surface area contributed by atoms with Crippen molar-refractivity contribution in [2.45, 2.75) is 58.1 Å². The molecule has 0 aliphatic rings. The van der Waals surface area contributed by atoms with Crippen molar-refractivity contribution in [3.8, 4) is 0 Å². The van der Waals surface area contributed by atoms with Crippen LogP contribution in [-0.4, -0.2) is 76.4 Å². The number of carbonyl (C=O) groups is 5. The van der Waals surface area contributed by atoms with Crippen molar-refractivity contribution in [2.24, 2.45) is 5.73 Å². The lowest BCUT2D eigenvalue weighted by molar-refractivity contribution is -0.143. The molecule has 0 heterocycles. The summed E-state index contributed by atoms with van der Waals surface area (Å²) in [7, 11) is 0. The molecule has 0 bridgehead atoms. The highest BCUT2D eigenvalue weighted by Gasteiger charge is 2.23. The Bertz CT molecular complexity index is 603. The lowest BCUT2D eigenvalue weighted by Gasteiger charge is -2.22. The largest absolute Gasteiger partial charge is 0.481 e. The number of hydrogen-bond donors (Lipinski definition) is 5. The number of nitrogens with zero attached hydrogens (tertiary/aromatic N) is 1. The van der Waals surface area contributed by atoms with Crippen LogP contribution in [0.5, 0.6) is 0 Å². The Morgan fingerprint density at radius 1 is 1.10 bits per heavy atom. The summed E-state index contributed by atoms with van der Waals surface area (Å²) in [5.74, 6) is -3.34. The average Bonchev–Trinajstić information content (AvgIpc) is 2.54. The topological polar surface area (TPSA) is 188 Å². The van der Waals surface area contributed by atoms with E-state index in [1.165, 1.54) is 0 Å². The molecule has 0 rings (SSSR count). The van der Waals surface area contributed by atoms with E-state index in [4.69, 9.17) is 20.7 Å². The van der Waals surface area contributed by atoms with Gasteiger partial charge in [0.15, 0.2) is 0 Å². The summed E-state index contributed by atoms with van der Waals surface area (Å²) in [5.41, 5.74) is 4.62. The van der Waals surface area contributed by atoms with Crippen LogP contribution in [0.1, 0.15) is 46.5 Å². The maximum Gasteiger partial charge on any atom is 0.407 e. The summed E-state index contributed by atoms with van der Waals surface area (Å²) in [6.45, 7) is 5.15. The number of nitrogens with two attached hydrogens (primary N) is 1. The fourth-order valence-electron chi connectivity index (χ4n) is 2.14. The summed E-state index contributed by atoms with van der Waals surface area (Å²) in [5, 5.41) is 22.4. The molecule has 0 fully saturated rings. The molecule has 6 N–H and O–H groups in total. The highest BCUT2D eigenvalue weighted by Crippen LogP contribution is 2.06. The van der Waals surface area contributed by atoms with E-state index in [9.17, 15) is 24.0 Å². The number of hydrogen-bond acceptors (Lipinski definition) is 6. The van der Waals surface area contributed by atoms with E-state index < -0.39 is 54.6 Å². The summed E-state index contributed by atoms with van der Waals surface area (Å²) in [6.07, 6.45) is -0.371. The molecule has 29 heavy (non-hydrogen) atoms. The van der Waals surface area contributed by atoms with Gasteiger partial charge in [-0.15, -0.1) is 0 Å². The first-order chi connectivity index (χ1) is 13.3. The molecule has 4 amide bonds. The second kappa shape index (κ2) is 12.4. The minimum absolute atomic E-state index is 0.117. The number of rotatable bonds is 12. The number of carboxylic acids is 2. The van der Waals surface area contributed by atoms with Crippen LogP contribution in [0.2, 0.25) is 0 Å². The predicted molar refractivity (Wildman–Crippen MR) is 101 cm³/mol. The van der Waals surface area contributed by atoms with Gasteiger partial charge in [-0.05, 0) is 40.0 Å². The predicted octanol–water partition coefficient (Wildman–Crippen LogP) is 0.106. The van der Waals surface area contributed by atoms with Crippen molar-refractivity contribution in [1.29, 1.82) is 0 Å². The second-order valence-corrected chi connectivity index (χ2v) is 7.29. The van der Waals surface area contributed by atoms with Crippen LogP contribution in [0, 0.1) is 0 Å². The van der Waals surface area contributed by atoms with Gasteiger partial charge in [0.2, 0.25) is 5.91 Å². The van der Waals surface area contributed by atoms with Gasteiger partial charge in [-0.3, -0.25) is 9.59 Å². The minimum Gasteiger partial charge on any atom is -0.481 e. The zero-order chi connectivity index (χ0) is 22.6. The molecule has 166 valence electrons. The van der Waals surface area contributed by atoms with Crippen LogP contribution in [0.25, 0.3) is 0 Å². The lowest BCUT2D eigenvalue weighted by Crippen LogP contribution is -2.48. The van der Waals surface area contributed by atoms with Crippen molar-refractivity contribution in [3.63, 3.8) is 0 Å². The summed E-state index contributed by atoms with van der Waals surface area (Å²) < 4.78 is 5.07. The van der Waals surface area contributed by atoms with E-state index in [0.29, 0.717) is 19.4 Å². The standard InChI is InChI=1S/C17H30N4O8/c1-17(2,3)29-16(28)19-8-4-5-9-21(15(18)27)10-12(22)20-11(14(25)26)6-7-13(23)24/h11H,4-10H2,1-3H3,(H2,18,27)(H,19,28)(H,20,22)(H,23,24)(H,25,26)/t11-/m0/s1. The van der Waals surface area contributed by atoms with Crippen LogP contribution in [-0.2, 0) is 19.1 Å². The molecule has 0 aliphatic heterocycles. The Labute approximate surface area is 168 Å². The van der Waals surface area contributed by atoms with Crippen LogP contribution in [0.3, 0.4) is 0 Å². The van der Waals surface area contributed by atoms with E-state index in [1.807, 2.05) is 0 Å². The van der Waals surface area contributed by atoms with Crippen LogP contribution in [0.15, 0.2) is 0 Å². The Kier molecular flexibility index (Phi) is 11.1. The lowest BCUT2D eigenvalue weighted by atomic mass is 10.1. The number of aliphatic carboxylic acids is 2. The smallest absolute Gasteiger partial charge is 0.407 e. The molecule has 0 aromatic carbocycles. The fourth-order valence-corrected chi connectivity index (χ4v) is 2.14. The van der Waals surface area contributed by atoms with Gasteiger partial charge in [0, 0.05) is 19.5 Å². The SMILES string of the molecule is CC(C)(C)OC(=O)NCCCCN(CC(=O)N[C@@H](CCC(=O)O)C(=O)O)C(N)=O. The molecule has 12 nitrogen and oxygen atoms in total. The van der Waals surface area contributed by atoms with E-state index in [-0.39, 0.29) is 13.0 Å². The number of primary amides is 1. The number of alkyl carbamates (subject to hydrolysis) is 1. The summed E-state index contributed by atoms with van der Waals surface area (Å²) >= 11 is 0. The summed E-state index contributed by atoms with van der Waals surface area (Å²) in [4.78, 5) is 57.6. The third kappa shape index (κ3) is 13.7. The van der Waals surface area contributed by atoms with Crippen molar-refractivity contribution in [1.82, 2.24) is 15.5 Å². The monoisotopic (exact) mass is 418 g/mol. The Hall–Kier alpha value is -3.05. The zero-order valence-electron chi connectivity index (χ0n) is 16.9.